The van der Waals surface area contributed by atoms with Gasteiger partial charge in [-0.25, -0.2) is 4.79 Å². The fourth-order valence-electron chi connectivity index (χ4n) is 6.71. The SMILES string of the molecule is CC(CC1CCC(C)(C)C1(C)C)OC(=O)[C@@H]1CCCN1C(=O)[C@H](Cc1ccccc1)NC(=O)[C@H](O)Cc1ccc(O)c(O)c1. The number of phenols is 2. The number of likely N-dealkylation sites (tertiary alicyclic amines) is 1. The standard InChI is InChI=1S/C35H48N2O7/c1-22(18-25-15-16-34(2,3)35(25,4)5)44-33(43)27-12-9-17-37(27)32(42)26(19-23-10-7-6-8-11-23)36-31(41)30(40)21-24-13-14-28(38)29(39)20-24/h6-8,10-11,13-14,20,22,25-27,30,38-40H,9,12,15-19,21H2,1-5H3,(H,36,41)/t22?,25?,26-,27-,30+/m0/s1. The molecule has 2 unspecified atom stereocenters. The maximum absolute atomic E-state index is 13.9. The fraction of sp³-hybridized carbons (Fsp3) is 0.571. The van der Waals surface area contributed by atoms with Gasteiger partial charge in [0.15, 0.2) is 11.5 Å². The minimum atomic E-state index is -1.50. The highest BCUT2D eigenvalue weighted by atomic mass is 16.5. The van der Waals surface area contributed by atoms with Crippen LogP contribution in [-0.2, 0) is 32.0 Å². The number of hydrogen-bond donors (Lipinski definition) is 4. The van der Waals surface area contributed by atoms with Gasteiger partial charge in [-0.2, -0.15) is 0 Å². The van der Waals surface area contributed by atoms with Crippen LogP contribution < -0.4 is 5.32 Å². The van der Waals surface area contributed by atoms with Crippen LogP contribution in [0.25, 0.3) is 0 Å². The molecule has 1 saturated carbocycles. The number of phenolic OH excluding ortho intramolecular Hbond substituents is 2. The minimum Gasteiger partial charge on any atom is -0.504 e. The molecule has 0 bridgehead atoms. The molecule has 2 aromatic rings. The Morgan fingerprint density at radius 2 is 1.68 bits per heavy atom. The molecule has 1 aliphatic heterocycles. The number of carbonyl (C=O) groups is 3. The summed E-state index contributed by atoms with van der Waals surface area (Å²) in [7, 11) is 0. The molecule has 2 aromatic carbocycles. The van der Waals surface area contributed by atoms with Crippen molar-refractivity contribution in [2.45, 2.75) is 104 Å². The Bertz CT molecular complexity index is 1330. The van der Waals surface area contributed by atoms with Gasteiger partial charge in [0, 0.05) is 19.4 Å². The van der Waals surface area contributed by atoms with Crippen LogP contribution in [0.3, 0.4) is 0 Å². The molecule has 0 radical (unpaired) electrons. The van der Waals surface area contributed by atoms with Crippen molar-refractivity contribution in [3.05, 3.63) is 59.7 Å². The van der Waals surface area contributed by atoms with Crippen molar-refractivity contribution in [3.63, 3.8) is 0 Å². The van der Waals surface area contributed by atoms with Crippen molar-refractivity contribution in [1.29, 1.82) is 0 Å². The summed E-state index contributed by atoms with van der Waals surface area (Å²) in [6.45, 7) is 11.5. The lowest BCUT2D eigenvalue weighted by Crippen LogP contribution is -2.54. The number of esters is 1. The third kappa shape index (κ3) is 7.54. The van der Waals surface area contributed by atoms with Crippen LogP contribution in [0.15, 0.2) is 48.5 Å². The molecule has 1 aliphatic carbocycles. The summed E-state index contributed by atoms with van der Waals surface area (Å²) < 4.78 is 5.94. The first-order valence-corrected chi connectivity index (χ1v) is 15.7. The smallest absolute Gasteiger partial charge is 0.329 e. The Morgan fingerprint density at radius 1 is 0.977 bits per heavy atom. The zero-order chi connectivity index (χ0) is 32.2. The number of nitrogens with zero attached hydrogens (tertiary/aromatic N) is 1. The Hall–Kier alpha value is -3.59. The predicted octanol–water partition coefficient (Wildman–Crippen LogP) is 4.50. The van der Waals surface area contributed by atoms with E-state index >= 15 is 0 Å². The van der Waals surface area contributed by atoms with E-state index in [-0.39, 0.29) is 41.3 Å². The van der Waals surface area contributed by atoms with E-state index in [4.69, 9.17) is 4.74 Å². The predicted molar refractivity (Wildman–Crippen MR) is 167 cm³/mol. The zero-order valence-corrected chi connectivity index (χ0v) is 26.6. The minimum absolute atomic E-state index is 0.124. The molecular weight excluding hydrogens is 560 g/mol. The quantitative estimate of drug-likeness (QED) is 0.218. The summed E-state index contributed by atoms with van der Waals surface area (Å²) in [4.78, 5) is 42.0. The molecule has 240 valence electrons. The van der Waals surface area contributed by atoms with E-state index in [0.29, 0.717) is 30.9 Å². The molecule has 0 aromatic heterocycles. The molecule has 1 heterocycles. The lowest BCUT2D eigenvalue weighted by Gasteiger charge is -2.40. The van der Waals surface area contributed by atoms with Gasteiger partial charge in [0.25, 0.3) is 0 Å². The topological polar surface area (TPSA) is 136 Å². The van der Waals surface area contributed by atoms with Gasteiger partial charge in [-0.3, -0.25) is 9.59 Å². The van der Waals surface area contributed by atoms with Crippen molar-refractivity contribution in [1.82, 2.24) is 10.2 Å². The Labute approximate surface area is 260 Å². The number of nitrogens with one attached hydrogen (secondary N) is 1. The molecule has 9 heteroatoms. The van der Waals surface area contributed by atoms with Gasteiger partial charge in [-0.15, -0.1) is 0 Å². The lowest BCUT2D eigenvalue weighted by molar-refractivity contribution is -0.159. The van der Waals surface area contributed by atoms with Crippen LogP contribution in [0.1, 0.15) is 77.8 Å². The summed E-state index contributed by atoms with van der Waals surface area (Å²) in [5, 5.41) is 32.7. The van der Waals surface area contributed by atoms with E-state index in [0.717, 1.165) is 24.8 Å². The van der Waals surface area contributed by atoms with Gasteiger partial charge in [-0.1, -0.05) is 64.1 Å². The normalized spacial score (nSPS) is 22.6. The van der Waals surface area contributed by atoms with Crippen molar-refractivity contribution in [3.8, 4) is 11.5 Å². The number of benzene rings is 2. The van der Waals surface area contributed by atoms with E-state index in [9.17, 15) is 29.7 Å². The number of aliphatic hydroxyl groups is 1. The average Bonchev–Trinajstić information content (AvgIpc) is 3.53. The Kier molecular flexibility index (Phi) is 10.3. The first-order chi connectivity index (χ1) is 20.7. The summed E-state index contributed by atoms with van der Waals surface area (Å²) in [6, 6.07) is 11.5. The van der Waals surface area contributed by atoms with Crippen LogP contribution in [0.5, 0.6) is 11.5 Å². The average molecular weight is 609 g/mol. The van der Waals surface area contributed by atoms with Crippen molar-refractivity contribution < 1.29 is 34.4 Å². The van der Waals surface area contributed by atoms with Gasteiger partial charge >= 0.3 is 5.97 Å². The second-order valence-corrected chi connectivity index (χ2v) is 13.8. The molecule has 2 fully saturated rings. The third-order valence-corrected chi connectivity index (χ3v) is 10.3. The van der Waals surface area contributed by atoms with Crippen LogP contribution in [-0.4, -0.2) is 68.8 Å². The second kappa shape index (κ2) is 13.6. The Balaban J connectivity index is 1.43. The first kappa shape index (κ1) is 33.3. The third-order valence-electron chi connectivity index (χ3n) is 10.3. The number of aliphatic hydroxyl groups excluding tert-OH is 1. The number of hydrogen-bond acceptors (Lipinski definition) is 7. The zero-order valence-electron chi connectivity index (χ0n) is 26.6. The number of rotatable bonds is 11. The van der Waals surface area contributed by atoms with E-state index in [2.05, 4.69) is 33.0 Å². The largest absolute Gasteiger partial charge is 0.504 e. The highest BCUT2D eigenvalue weighted by Crippen LogP contribution is 2.57. The molecule has 4 rings (SSSR count). The van der Waals surface area contributed by atoms with Crippen molar-refractivity contribution in [2.24, 2.45) is 16.7 Å². The van der Waals surface area contributed by atoms with E-state index in [1.54, 1.807) is 0 Å². The summed E-state index contributed by atoms with van der Waals surface area (Å²) in [5.74, 6) is -1.80. The number of ether oxygens (including phenoxy) is 1. The van der Waals surface area contributed by atoms with Gasteiger partial charge in [0.1, 0.15) is 18.2 Å². The van der Waals surface area contributed by atoms with Gasteiger partial charge < -0.3 is 30.3 Å². The first-order valence-electron chi connectivity index (χ1n) is 15.7. The summed E-state index contributed by atoms with van der Waals surface area (Å²) in [5.41, 5.74) is 1.60. The van der Waals surface area contributed by atoms with Crippen LogP contribution >= 0.6 is 0 Å². The van der Waals surface area contributed by atoms with Gasteiger partial charge in [-0.05, 0) is 79.0 Å². The highest BCUT2D eigenvalue weighted by Gasteiger charge is 2.49. The highest BCUT2D eigenvalue weighted by molar-refractivity contribution is 5.92. The van der Waals surface area contributed by atoms with Crippen molar-refractivity contribution in [2.75, 3.05) is 6.54 Å². The molecule has 9 nitrogen and oxygen atoms in total. The maximum Gasteiger partial charge on any atom is 0.329 e. The van der Waals surface area contributed by atoms with Crippen LogP contribution in [0, 0.1) is 16.7 Å². The van der Waals surface area contributed by atoms with E-state index in [1.807, 2.05) is 37.3 Å². The molecular formula is C35H48N2O7. The van der Waals surface area contributed by atoms with Gasteiger partial charge in [0.2, 0.25) is 11.8 Å². The van der Waals surface area contributed by atoms with Crippen LogP contribution in [0.4, 0.5) is 0 Å². The monoisotopic (exact) mass is 608 g/mol. The van der Waals surface area contributed by atoms with Crippen molar-refractivity contribution >= 4 is 17.8 Å². The summed E-state index contributed by atoms with van der Waals surface area (Å²) in [6.07, 6.45) is 2.39. The number of amides is 2. The lowest BCUT2D eigenvalue weighted by atomic mass is 9.66. The van der Waals surface area contributed by atoms with Crippen LogP contribution in [0.2, 0.25) is 0 Å². The fourth-order valence-corrected chi connectivity index (χ4v) is 6.71. The van der Waals surface area contributed by atoms with E-state index < -0.39 is 36.0 Å². The maximum atomic E-state index is 13.9. The molecule has 5 atom stereocenters. The second-order valence-electron chi connectivity index (χ2n) is 13.8. The molecule has 4 N–H and O–H groups in total. The molecule has 2 amide bonds. The molecule has 0 spiro atoms. The Morgan fingerprint density at radius 3 is 2.32 bits per heavy atom. The van der Waals surface area contributed by atoms with Gasteiger partial charge in [0.05, 0.1) is 6.10 Å². The number of aromatic hydroxyl groups is 2. The summed E-state index contributed by atoms with van der Waals surface area (Å²) >= 11 is 0. The molecule has 2 aliphatic rings. The molecule has 44 heavy (non-hydrogen) atoms. The molecule has 1 saturated heterocycles. The van der Waals surface area contributed by atoms with E-state index in [1.165, 1.54) is 23.1 Å². The number of carbonyl (C=O) groups excluding carboxylic acids is 3.